The molecule has 2 aliphatic heterocycles. The van der Waals surface area contributed by atoms with Gasteiger partial charge in [0.1, 0.15) is 6.61 Å². The molecule has 1 N–H and O–H groups in total. The van der Waals surface area contributed by atoms with Gasteiger partial charge in [-0.15, -0.1) is 0 Å². The summed E-state index contributed by atoms with van der Waals surface area (Å²) in [5.74, 6) is 0. The monoisotopic (exact) mass is 276 g/mol. The lowest BCUT2D eigenvalue weighted by atomic mass is 10.0. The maximum atomic E-state index is 12.1. The smallest absolute Gasteiger partial charge is 0.410 e. The molecule has 0 spiro atoms. The van der Waals surface area contributed by atoms with Crippen molar-refractivity contribution in [3.8, 4) is 0 Å². The molecule has 0 saturated carbocycles. The SMILES string of the molecule is O=C(OCc1ccccc1)N1CC[C@H]2NCCO[C@@H]2C1. The van der Waals surface area contributed by atoms with Gasteiger partial charge in [0.2, 0.25) is 0 Å². The molecule has 2 heterocycles. The van der Waals surface area contributed by atoms with Crippen LogP contribution in [-0.2, 0) is 16.1 Å². The van der Waals surface area contributed by atoms with Gasteiger partial charge in [-0.3, -0.25) is 0 Å². The first-order chi connectivity index (χ1) is 9.83. The molecular formula is C15H20N2O3. The van der Waals surface area contributed by atoms with Crippen LogP contribution < -0.4 is 5.32 Å². The van der Waals surface area contributed by atoms with Gasteiger partial charge in [-0.2, -0.15) is 0 Å². The lowest BCUT2D eigenvalue weighted by molar-refractivity contribution is -0.0456. The van der Waals surface area contributed by atoms with E-state index < -0.39 is 0 Å². The van der Waals surface area contributed by atoms with Crippen LogP contribution in [0.25, 0.3) is 0 Å². The summed E-state index contributed by atoms with van der Waals surface area (Å²) in [6, 6.07) is 10.1. The zero-order chi connectivity index (χ0) is 13.8. The molecule has 5 heteroatoms. The van der Waals surface area contributed by atoms with Crippen molar-refractivity contribution >= 4 is 6.09 Å². The van der Waals surface area contributed by atoms with Crippen molar-refractivity contribution in [2.45, 2.75) is 25.2 Å². The predicted molar refractivity (Wildman–Crippen MR) is 74.3 cm³/mol. The van der Waals surface area contributed by atoms with Crippen LogP contribution in [0.5, 0.6) is 0 Å². The van der Waals surface area contributed by atoms with Crippen molar-refractivity contribution in [3.63, 3.8) is 0 Å². The number of ether oxygens (including phenoxy) is 2. The Morgan fingerprint density at radius 2 is 2.25 bits per heavy atom. The molecule has 0 bridgehead atoms. The number of nitrogens with one attached hydrogen (secondary N) is 1. The molecule has 0 radical (unpaired) electrons. The molecule has 5 nitrogen and oxygen atoms in total. The summed E-state index contributed by atoms with van der Waals surface area (Å²) < 4.78 is 11.1. The van der Waals surface area contributed by atoms with Crippen LogP contribution in [0.1, 0.15) is 12.0 Å². The Bertz CT molecular complexity index is 452. The summed E-state index contributed by atoms with van der Waals surface area (Å²) in [7, 11) is 0. The summed E-state index contributed by atoms with van der Waals surface area (Å²) in [5.41, 5.74) is 1.01. The molecule has 1 amide bonds. The second-order valence-corrected chi connectivity index (χ2v) is 5.24. The molecule has 0 aromatic heterocycles. The maximum Gasteiger partial charge on any atom is 0.410 e. The summed E-state index contributed by atoms with van der Waals surface area (Å²) >= 11 is 0. The third-order valence-corrected chi connectivity index (χ3v) is 3.86. The lowest BCUT2D eigenvalue weighted by Crippen LogP contribution is -2.58. The number of carbonyl (C=O) groups excluding carboxylic acids is 1. The van der Waals surface area contributed by atoms with Crippen LogP contribution in [-0.4, -0.2) is 49.4 Å². The average molecular weight is 276 g/mol. The van der Waals surface area contributed by atoms with Gasteiger partial charge in [-0.25, -0.2) is 4.79 Å². The molecule has 2 atom stereocenters. The van der Waals surface area contributed by atoms with Crippen LogP contribution in [0.2, 0.25) is 0 Å². The van der Waals surface area contributed by atoms with E-state index in [0.717, 1.165) is 25.1 Å². The van der Waals surface area contributed by atoms with Crippen molar-refractivity contribution in [2.24, 2.45) is 0 Å². The van der Waals surface area contributed by atoms with Crippen molar-refractivity contribution in [1.29, 1.82) is 0 Å². The first kappa shape index (κ1) is 13.4. The summed E-state index contributed by atoms with van der Waals surface area (Å²) in [6.45, 7) is 3.29. The molecule has 108 valence electrons. The Hall–Kier alpha value is -1.59. The van der Waals surface area contributed by atoms with Crippen LogP contribution >= 0.6 is 0 Å². The second-order valence-electron chi connectivity index (χ2n) is 5.24. The number of piperidine rings is 1. The van der Waals surface area contributed by atoms with Crippen LogP contribution in [0, 0.1) is 0 Å². The van der Waals surface area contributed by atoms with Crippen molar-refractivity contribution in [3.05, 3.63) is 35.9 Å². The van der Waals surface area contributed by atoms with E-state index in [-0.39, 0.29) is 12.2 Å². The van der Waals surface area contributed by atoms with Gasteiger partial charge in [-0.1, -0.05) is 30.3 Å². The number of likely N-dealkylation sites (tertiary alicyclic amines) is 1. The highest BCUT2D eigenvalue weighted by molar-refractivity contribution is 5.67. The Labute approximate surface area is 118 Å². The van der Waals surface area contributed by atoms with E-state index in [9.17, 15) is 4.79 Å². The van der Waals surface area contributed by atoms with E-state index in [2.05, 4.69) is 5.32 Å². The molecule has 2 aliphatic rings. The normalized spacial score (nSPS) is 25.9. The van der Waals surface area contributed by atoms with Gasteiger partial charge in [0.05, 0.1) is 19.3 Å². The molecule has 1 aromatic rings. The topological polar surface area (TPSA) is 50.8 Å². The van der Waals surface area contributed by atoms with E-state index in [0.29, 0.717) is 25.8 Å². The van der Waals surface area contributed by atoms with Crippen LogP contribution in [0.3, 0.4) is 0 Å². The van der Waals surface area contributed by atoms with E-state index in [1.54, 1.807) is 4.90 Å². The van der Waals surface area contributed by atoms with Crippen molar-refractivity contribution < 1.29 is 14.3 Å². The number of morpholine rings is 1. The van der Waals surface area contributed by atoms with Crippen LogP contribution in [0.4, 0.5) is 4.79 Å². The second kappa shape index (κ2) is 6.24. The van der Waals surface area contributed by atoms with Crippen molar-refractivity contribution in [2.75, 3.05) is 26.2 Å². The highest BCUT2D eigenvalue weighted by Crippen LogP contribution is 2.17. The van der Waals surface area contributed by atoms with E-state index in [1.165, 1.54) is 0 Å². The average Bonchev–Trinajstić information content (AvgIpc) is 2.53. The molecular weight excluding hydrogens is 256 g/mol. The fourth-order valence-electron chi connectivity index (χ4n) is 2.75. The Morgan fingerprint density at radius 1 is 1.40 bits per heavy atom. The summed E-state index contributed by atoms with van der Waals surface area (Å²) in [6.07, 6.45) is 0.772. The number of fused-ring (bicyclic) bond motifs is 1. The minimum Gasteiger partial charge on any atom is -0.445 e. The lowest BCUT2D eigenvalue weighted by Gasteiger charge is -2.40. The maximum absolute atomic E-state index is 12.1. The minimum atomic E-state index is -0.249. The van der Waals surface area contributed by atoms with Gasteiger partial charge >= 0.3 is 6.09 Å². The zero-order valence-corrected chi connectivity index (χ0v) is 11.5. The number of rotatable bonds is 2. The molecule has 1 aromatic carbocycles. The first-order valence-corrected chi connectivity index (χ1v) is 7.13. The molecule has 3 rings (SSSR count). The quantitative estimate of drug-likeness (QED) is 0.887. The molecule has 2 fully saturated rings. The Morgan fingerprint density at radius 3 is 3.10 bits per heavy atom. The fourth-order valence-corrected chi connectivity index (χ4v) is 2.75. The summed E-state index contributed by atoms with van der Waals surface area (Å²) in [5, 5.41) is 3.43. The highest BCUT2D eigenvalue weighted by Gasteiger charge is 2.34. The van der Waals surface area contributed by atoms with Gasteiger partial charge in [-0.05, 0) is 12.0 Å². The van der Waals surface area contributed by atoms with Crippen molar-refractivity contribution in [1.82, 2.24) is 10.2 Å². The standard InChI is InChI=1S/C15H20N2O3/c18-15(20-11-12-4-2-1-3-5-12)17-8-6-13-14(10-17)19-9-7-16-13/h1-5,13-14,16H,6-11H2/t13-,14-/m1/s1. The van der Waals surface area contributed by atoms with Gasteiger partial charge < -0.3 is 19.7 Å². The third-order valence-electron chi connectivity index (χ3n) is 3.86. The largest absolute Gasteiger partial charge is 0.445 e. The van der Waals surface area contributed by atoms with E-state index in [1.807, 2.05) is 30.3 Å². The Balaban J connectivity index is 1.50. The van der Waals surface area contributed by atoms with Crippen LogP contribution in [0.15, 0.2) is 30.3 Å². The zero-order valence-electron chi connectivity index (χ0n) is 11.5. The van der Waals surface area contributed by atoms with Gasteiger partial charge in [0.25, 0.3) is 0 Å². The van der Waals surface area contributed by atoms with E-state index in [4.69, 9.17) is 9.47 Å². The minimum absolute atomic E-state index is 0.0989. The first-order valence-electron chi connectivity index (χ1n) is 7.13. The molecule has 0 aliphatic carbocycles. The Kier molecular flexibility index (Phi) is 4.18. The molecule has 2 saturated heterocycles. The number of hydrogen-bond donors (Lipinski definition) is 1. The highest BCUT2D eigenvalue weighted by atomic mass is 16.6. The molecule has 20 heavy (non-hydrogen) atoms. The van der Waals surface area contributed by atoms with E-state index >= 15 is 0 Å². The summed E-state index contributed by atoms with van der Waals surface area (Å²) in [4.78, 5) is 13.8. The van der Waals surface area contributed by atoms with Gasteiger partial charge in [0, 0.05) is 19.1 Å². The molecule has 0 unspecified atom stereocenters. The number of nitrogens with zero attached hydrogens (tertiary/aromatic N) is 1. The number of amides is 1. The number of benzene rings is 1. The third kappa shape index (κ3) is 3.11. The fraction of sp³-hybridized carbons (Fsp3) is 0.533. The predicted octanol–water partition coefficient (Wildman–Crippen LogP) is 1.39. The van der Waals surface area contributed by atoms with Gasteiger partial charge in [0.15, 0.2) is 0 Å². The number of hydrogen-bond acceptors (Lipinski definition) is 4. The number of carbonyl (C=O) groups is 1.